The van der Waals surface area contributed by atoms with Crippen LogP contribution in [0.2, 0.25) is 0 Å². The van der Waals surface area contributed by atoms with Crippen LogP contribution < -0.4 is 0 Å². The summed E-state index contributed by atoms with van der Waals surface area (Å²) >= 11 is 2.79. The van der Waals surface area contributed by atoms with Crippen molar-refractivity contribution in [1.82, 2.24) is 4.98 Å². The maximum atomic E-state index is 12.6. The average Bonchev–Trinajstić information content (AvgIpc) is 1.83. The first-order chi connectivity index (χ1) is 5.41. The number of rotatable bonds is 1. The van der Waals surface area contributed by atoms with E-state index in [0.29, 0.717) is 0 Å². The number of nitrogens with zero attached hydrogens (tertiary/aromatic N) is 1. The van der Waals surface area contributed by atoms with Crippen LogP contribution in [0.25, 0.3) is 0 Å². The van der Waals surface area contributed by atoms with Crippen molar-refractivity contribution in [3.63, 3.8) is 0 Å². The zero-order valence-electron chi connectivity index (χ0n) is 5.46. The van der Waals surface area contributed by atoms with E-state index in [2.05, 4.69) is 20.9 Å². The Labute approximate surface area is 75.8 Å². The molecule has 1 aromatic heterocycles. The van der Waals surface area contributed by atoms with E-state index in [1.165, 1.54) is 0 Å². The van der Waals surface area contributed by atoms with Crippen LogP contribution in [0.15, 0.2) is 21.6 Å². The molecule has 66 valence electrons. The van der Waals surface area contributed by atoms with Gasteiger partial charge in [0.15, 0.2) is 4.90 Å². The Kier molecular flexibility index (Phi) is 2.43. The Morgan fingerprint density at radius 3 is 2.42 bits per heavy atom. The number of hydrogen-bond donors (Lipinski definition) is 0. The first kappa shape index (κ1) is 9.53. The zero-order chi connectivity index (χ0) is 9.35. The average molecular weight is 258 g/mol. The monoisotopic (exact) mass is 257 g/mol. The lowest BCUT2D eigenvalue weighted by Crippen LogP contribution is -1.98. The topological polar surface area (TPSA) is 47.0 Å². The standard InChI is InChI=1S/C5H2BrF2NO2S/c6-4-2-1-3(5(7)9-4)12(8,10)11/h1-2H. The molecule has 0 spiro atoms. The van der Waals surface area contributed by atoms with Crippen molar-refractivity contribution in [2.45, 2.75) is 4.90 Å². The highest BCUT2D eigenvalue weighted by molar-refractivity contribution is 9.10. The smallest absolute Gasteiger partial charge is 0.211 e. The van der Waals surface area contributed by atoms with Crippen LogP contribution >= 0.6 is 15.9 Å². The summed E-state index contributed by atoms with van der Waals surface area (Å²) in [5.74, 6) is -1.35. The number of aromatic nitrogens is 1. The Balaban J connectivity index is 3.39. The molecule has 0 radical (unpaired) electrons. The number of pyridine rings is 1. The van der Waals surface area contributed by atoms with Gasteiger partial charge in [-0.15, -0.1) is 3.89 Å². The van der Waals surface area contributed by atoms with Crippen molar-refractivity contribution in [3.8, 4) is 0 Å². The summed E-state index contributed by atoms with van der Waals surface area (Å²) in [6, 6.07) is 1.93. The van der Waals surface area contributed by atoms with Gasteiger partial charge in [0.25, 0.3) is 0 Å². The molecular formula is C5H2BrF2NO2S. The van der Waals surface area contributed by atoms with E-state index >= 15 is 0 Å². The molecule has 12 heavy (non-hydrogen) atoms. The van der Waals surface area contributed by atoms with E-state index in [-0.39, 0.29) is 4.60 Å². The van der Waals surface area contributed by atoms with Gasteiger partial charge in [0, 0.05) is 0 Å². The predicted octanol–water partition coefficient (Wildman–Crippen LogP) is 1.64. The van der Waals surface area contributed by atoms with E-state index in [0.717, 1.165) is 12.1 Å². The molecule has 0 saturated heterocycles. The fourth-order valence-corrected chi connectivity index (χ4v) is 1.35. The third-order valence-electron chi connectivity index (χ3n) is 1.04. The van der Waals surface area contributed by atoms with Gasteiger partial charge in [0.2, 0.25) is 5.95 Å². The fraction of sp³-hybridized carbons (Fsp3) is 0. The summed E-state index contributed by atoms with van der Waals surface area (Å²) in [4.78, 5) is 2.02. The van der Waals surface area contributed by atoms with Crippen LogP contribution in [0.5, 0.6) is 0 Å². The van der Waals surface area contributed by atoms with E-state index in [1.54, 1.807) is 0 Å². The van der Waals surface area contributed by atoms with Crippen LogP contribution in [0.3, 0.4) is 0 Å². The van der Waals surface area contributed by atoms with Gasteiger partial charge >= 0.3 is 10.2 Å². The van der Waals surface area contributed by atoms with Crippen LogP contribution in [-0.4, -0.2) is 13.4 Å². The van der Waals surface area contributed by atoms with Crippen LogP contribution in [-0.2, 0) is 10.2 Å². The Morgan fingerprint density at radius 2 is 2.00 bits per heavy atom. The van der Waals surface area contributed by atoms with E-state index in [4.69, 9.17) is 0 Å². The van der Waals surface area contributed by atoms with Gasteiger partial charge in [-0.3, -0.25) is 0 Å². The van der Waals surface area contributed by atoms with Gasteiger partial charge in [0.1, 0.15) is 4.60 Å². The molecular weight excluding hydrogens is 256 g/mol. The molecule has 7 heteroatoms. The minimum absolute atomic E-state index is 0.104. The van der Waals surface area contributed by atoms with Crippen LogP contribution in [0, 0.1) is 5.95 Å². The lowest BCUT2D eigenvalue weighted by atomic mass is 10.5. The zero-order valence-corrected chi connectivity index (χ0v) is 7.86. The molecule has 0 atom stereocenters. The predicted molar refractivity (Wildman–Crippen MR) is 40.2 cm³/mol. The summed E-state index contributed by atoms with van der Waals surface area (Å²) in [7, 11) is -5.01. The lowest BCUT2D eigenvalue weighted by Gasteiger charge is -1.95. The number of hydrogen-bond acceptors (Lipinski definition) is 3. The second kappa shape index (κ2) is 3.06. The van der Waals surface area contributed by atoms with Crippen molar-refractivity contribution in [2.24, 2.45) is 0 Å². The fourth-order valence-electron chi connectivity index (χ4n) is 0.581. The van der Waals surface area contributed by atoms with Crippen molar-refractivity contribution < 1.29 is 16.7 Å². The van der Waals surface area contributed by atoms with Crippen molar-refractivity contribution in [3.05, 3.63) is 22.7 Å². The van der Waals surface area contributed by atoms with Crippen LogP contribution in [0.1, 0.15) is 0 Å². The summed E-state index contributed by atoms with van der Waals surface area (Å²) in [6.07, 6.45) is 0. The molecule has 1 aromatic rings. The largest absolute Gasteiger partial charge is 0.336 e. The van der Waals surface area contributed by atoms with E-state index < -0.39 is 21.1 Å². The van der Waals surface area contributed by atoms with Crippen molar-refractivity contribution in [1.29, 1.82) is 0 Å². The molecule has 0 N–H and O–H groups in total. The van der Waals surface area contributed by atoms with Gasteiger partial charge in [-0.25, -0.2) is 4.98 Å². The van der Waals surface area contributed by atoms with Crippen LogP contribution in [0.4, 0.5) is 8.28 Å². The second-order valence-corrected chi connectivity index (χ2v) is 3.99. The highest BCUT2D eigenvalue weighted by Gasteiger charge is 2.18. The SMILES string of the molecule is O=S(=O)(F)c1ccc(Br)nc1F. The second-order valence-electron chi connectivity index (χ2n) is 1.86. The van der Waals surface area contributed by atoms with Gasteiger partial charge < -0.3 is 0 Å². The Bertz CT molecular complexity index is 406. The van der Waals surface area contributed by atoms with E-state index in [9.17, 15) is 16.7 Å². The quantitative estimate of drug-likeness (QED) is 0.568. The molecule has 0 aliphatic rings. The Hall–Kier alpha value is -0.560. The lowest BCUT2D eigenvalue weighted by molar-refractivity contribution is 0.516. The number of halogens is 3. The van der Waals surface area contributed by atoms with Gasteiger partial charge in [-0.05, 0) is 28.1 Å². The maximum Gasteiger partial charge on any atom is 0.336 e. The van der Waals surface area contributed by atoms with Gasteiger partial charge in [-0.2, -0.15) is 12.8 Å². The first-order valence-electron chi connectivity index (χ1n) is 2.68. The van der Waals surface area contributed by atoms with Gasteiger partial charge in [-0.1, -0.05) is 0 Å². The molecule has 0 amide bonds. The molecule has 1 rings (SSSR count). The molecule has 3 nitrogen and oxygen atoms in total. The normalized spacial score (nSPS) is 11.6. The molecule has 0 aliphatic heterocycles. The van der Waals surface area contributed by atoms with Gasteiger partial charge in [0.05, 0.1) is 0 Å². The summed E-state index contributed by atoms with van der Waals surface area (Å²) < 4.78 is 45.3. The minimum Gasteiger partial charge on any atom is -0.211 e. The van der Waals surface area contributed by atoms with Crippen molar-refractivity contribution in [2.75, 3.05) is 0 Å². The third-order valence-corrected chi connectivity index (χ3v) is 2.31. The third kappa shape index (κ3) is 1.98. The summed E-state index contributed by atoms with van der Waals surface area (Å²) in [5.41, 5.74) is 0. The summed E-state index contributed by atoms with van der Waals surface area (Å²) in [5, 5.41) is 0. The highest BCUT2D eigenvalue weighted by atomic mass is 79.9. The molecule has 0 aromatic carbocycles. The molecule has 0 saturated carbocycles. The minimum atomic E-state index is -5.01. The summed E-state index contributed by atoms with van der Waals surface area (Å²) in [6.45, 7) is 0. The highest BCUT2D eigenvalue weighted by Crippen LogP contribution is 2.17. The first-order valence-corrected chi connectivity index (χ1v) is 4.85. The Morgan fingerprint density at radius 1 is 1.42 bits per heavy atom. The molecule has 1 heterocycles. The molecule has 0 fully saturated rings. The van der Waals surface area contributed by atoms with E-state index in [1.807, 2.05) is 0 Å². The molecule has 0 unspecified atom stereocenters. The maximum absolute atomic E-state index is 12.6. The van der Waals surface area contributed by atoms with Crippen molar-refractivity contribution >= 4 is 26.2 Å². The molecule has 0 aliphatic carbocycles. The molecule has 0 bridgehead atoms.